The van der Waals surface area contributed by atoms with Crippen LogP contribution in [0.1, 0.15) is 28.2 Å². The third-order valence-corrected chi connectivity index (χ3v) is 5.06. The van der Waals surface area contributed by atoms with E-state index in [1.807, 2.05) is 6.92 Å². The highest BCUT2D eigenvalue weighted by atomic mass is 35.5. The fourth-order valence-electron chi connectivity index (χ4n) is 1.70. The molecule has 2 N–H and O–H groups in total. The van der Waals surface area contributed by atoms with E-state index in [4.69, 9.17) is 11.6 Å². The lowest BCUT2D eigenvalue weighted by Gasteiger charge is -2.02. The van der Waals surface area contributed by atoms with Gasteiger partial charge in [-0.15, -0.1) is 22.0 Å². The predicted octanol–water partition coefficient (Wildman–Crippen LogP) is 3.20. The van der Waals surface area contributed by atoms with Gasteiger partial charge in [0.1, 0.15) is 5.01 Å². The zero-order valence-corrected chi connectivity index (χ0v) is 15.4. The number of nitrogens with one attached hydrogen (secondary N) is 2. The van der Waals surface area contributed by atoms with Crippen LogP contribution < -0.4 is 10.6 Å². The van der Waals surface area contributed by atoms with Crippen LogP contribution in [0.25, 0.3) is 0 Å². The van der Waals surface area contributed by atoms with Crippen molar-refractivity contribution in [2.24, 2.45) is 0 Å². The topological polar surface area (TPSA) is 84.0 Å². The van der Waals surface area contributed by atoms with E-state index in [0.717, 1.165) is 6.42 Å². The van der Waals surface area contributed by atoms with Gasteiger partial charge in [0.2, 0.25) is 10.9 Å². The second kappa shape index (κ2) is 9.61. The Morgan fingerprint density at radius 1 is 1.33 bits per heavy atom. The molecule has 1 aromatic carbocycles. The number of rotatable bonds is 8. The number of nitrogens with zero attached hydrogens (tertiary/aromatic N) is 2. The number of thioether (sulfide) groups is 1. The van der Waals surface area contributed by atoms with Crippen LogP contribution in [0.15, 0.2) is 24.3 Å². The average Bonchev–Trinajstić information content (AvgIpc) is 3.02. The molecule has 0 atom stereocenters. The van der Waals surface area contributed by atoms with Gasteiger partial charge in [0.15, 0.2) is 0 Å². The van der Waals surface area contributed by atoms with Gasteiger partial charge < -0.3 is 10.6 Å². The third kappa shape index (κ3) is 6.10. The summed E-state index contributed by atoms with van der Waals surface area (Å²) in [6.07, 6.45) is 0.915. The molecule has 0 saturated carbocycles. The summed E-state index contributed by atoms with van der Waals surface area (Å²) in [5.41, 5.74) is 0.603. The van der Waals surface area contributed by atoms with Crippen LogP contribution in [0, 0.1) is 0 Å². The lowest BCUT2D eigenvalue weighted by atomic mass is 10.3. The van der Waals surface area contributed by atoms with Crippen LogP contribution in [0.5, 0.6) is 0 Å². The van der Waals surface area contributed by atoms with Crippen molar-refractivity contribution in [3.63, 3.8) is 0 Å². The van der Waals surface area contributed by atoms with Gasteiger partial charge in [0.25, 0.3) is 5.91 Å². The molecule has 24 heavy (non-hydrogen) atoms. The number of carbonyl (C=O) groups is 2. The highest BCUT2D eigenvalue weighted by Gasteiger charge is 2.13. The first-order valence-electron chi connectivity index (χ1n) is 7.32. The summed E-state index contributed by atoms with van der Waals surface area (Å²) in [7, 11) is 0. The molecule has 0 aliphatic carbocycles. The second-order valence-corrected chi connectivity index (χ2v) is 7.29. The Hall–Kier alpha value is -1.64. The largest absolute Gasteiger partial charge is 0.355 e. The minimum absolute atomic E-state index is 0.00490. The molecule has 1 aromatic heterocycles. The molecule has 0 saturated heterocycles. The standard InChI is InChI=1S/C15H17ClN4O2S2/c1-2-6-17-12(21)8-23-9-13-19-20-15(24-13)14(22)18-11-5-3-4-10(16)7-11/h3-5,7H,2,6,8-9H2,1H3,(H,17,21)(H,18,22). The first kappa shape index (κ1) is 18.7. The van der Waals surface area contributed by atoms with Gasteiger partial charge in [0, 0.05) is 23.0 Å². The molecule has 2 aromatic rings. The minimum Gasteiger partial charge on any atom is -0.355 e. The molecule has 6 nitrogen and oxygen atoms in total. The van der Waals surface area contributed by atoms with Crippen LogP contribution in [0.4, 0.5) is 5.69 Å². The molecule has 2 rings (SSSR count). The molecular weight excluding hydrogens is 368 g/mol. The molecule has 0 radical (unpaired) electrons. The van der Waals surface area contributed by atoms with Crippen molar-refractivity contribution in [1.82, 2.24) is 15.5 Å². The second-order valence-electron chi connectivity index (χ2n) is 4.81. The molecule has 0 aliphatic heterocycles. The summed E-state index contributed by atoms with van der Waals surface area (Å²) < 4.78 is 0. The number of amides is 2. The summed E-state index contributed by atoms with van der Waals surface area (Å²) in [6.45, 7) is 2.69. The number of halogens is 1. The van der Waals surface area contributed by atoms with Gasteiger partial charge in [-0.05, 0) is 24.6 Å². The van der Waals surface area contributed by atoms with Gasteiger partial charge in [-0.25, -0.2) is 0 Å². The molecule has 0 spiro atoms. The zero-order valence-electron chi connectivity index (χ0n) is 13.0. The Morgan fingerprint density at radius 2 is 2.17 bits per heavy atom. The Bertz CT molecular complexity index is 708. The molecule has 0 aliphatic rings. The van der Waals surface area contributed by atoms with Crippen molar-refractivity contribution in [3.8, 4) is 0 Å². The van der Waals surface area contributed by atoms with Crippen LogP contribution in [0.2, 0.25) is 5.02 Å². The quantitative estimate of drug-likeness (QED) is 0.730. The molecule has 0 unspecified atom stereocenters. The van der Waals surface area contributed by atoms with Crippen LogP contribution in [0.3, 0.4) is 0 Å². The smallest absolute Gasteiger partial charge is 0.286 e. The van der Waals surface area contributed by atoms with Crippen LogP contribution in [-0.2, 0) is 10.5 Å². The number of benzene rings is 1. The fourth-order valence-corrected chi connectivity index (χ4v) is 3.53. The molecular formula is C15H17ClN4O2S2. The highest BCUT2D eigenvalue weighted by molar-refractivity contribution is 7.99. The van der Waals surface area contributed by atoms with Crippen LogP contribution in [-0.4, -0.2) is 34.3 Å². The van der Waals surface area contributed by atoms with Gasteiger partial charge in [-0.1, -0.05) is 35.9 Å². The number of anilines is 1. The molecule has 128 valence electrons. The van der Waals surface area contributed by atoms with E-state index in [1.165, 1.54) is 23.1 Å². The maximum atomic E-state index is 12.1. The van der Waals surface area contributed by atoms with E-state index in [1.54, 1.807) is 24.3 Å². The molecule has 9 heteroatoms. The van der Waals surface area contributed by atoms with Gasteiger partial charge in [-0.3, -0.25) is 9.59 Å². The fraction of sp³-hybridized carbons (Fsp3) is 0.333. The molecule has 0 fully saturated rings. The monoisotopic (exact) mass is 384 g/mol. The van der Waals surface area contributed by atoms with Crippen molar-refractivity contribution >= 4 is 52.2 Å². The average molecular weight is 385 g/mol. The first-order valence-corrected chi connectivity index (χ1v) is 9.67. The Balaban J connectivity index is 1.81. The normalized spacial score (nSPS) is 10.4. The van der Waals surface area contributed by atoms with Gasteiger partial charge >= 0.3 is 0 Å². The van der Waals surface area contributed by atoms with Crippen molar-refractivity contribution in [2.45, 2.75) is 19.1 Å². The van der Waals surface area contributed by atoms with Crippen molar-refractivity contribution in [1.29, 1.82) is 0 Å². The maximum Gasteiger partial charge on any atom is 0.286 e. The van der Waals surface area contributed by atoms with Crippen molar-refractivity contribution in [3.05, 3.63) is 39.3 Å². The summed E-state index contributed by atoms with van der Waals surface area (Å²) in [5.74, 6) is 0.586. The number of hydrogen-bond donors (Lipinski definition) is 2. The van der Waals surface area contributed by atoms with Crippen molar-refractivity contribution in [2.75, 3.05) is 17.6 Å². The van der Waals surface area contributed by atoms with Crippen LogP contribution >= 0.6 is 34.7 Å². The van der Waals surface area contributed by atoms with E-state index >= 15 is 0 Å². The molecule has 2 amide bonds. The SMILES string of the molecule is CCCNC(=O)CSCc1nnc(C(=O)Nc2cccc(Cl)c2)s1. The summed E-state index contributed by atoms with van der Waals surface area (Å²) >= 11 is 8.54. The van der Waals surface area contributed by atoms with E-state index in [-0.39, 0.29) is 16.8 Å². The number of hydrogen-bond acceptors (Lipinski definition) is 6. The zero-order chi connectivity index (χ0) is 17.4. The minimum atomic E-state index is -0.327. The van der Waals surface area contributed by atoms with E-state index < -0.39 is 0 Å². The lowest BCUT2D eigenvalue weighted by Crippen LogP contribution is -2.25. The lowest BCUT2D eigenvalue weighted by molar-refractivity contribution is -0.118. The Kier molecular flexibility index (Phi) is 7.48. The molecule has 0 bridgehead atoms. The number of aromatic nitrogens is 2. The van der Waals surface area contributed by atoms with Gasteiger partial charge in [0.05, 0.1) is 5.75 Å². The Morgan fingerprint density at radius 3 is 2.92 bits per heavy atom. The van der Waals surface area contributed by atoms with Crippen molar-refractivity contribution < 1.29 is 9.59 Å². The molecule has 1 heterocycles. The van der Waals surface area contributed by atoms with E-state index in [2.05, 4.69) is 20.8 Å². The van der Waals surface area contributed by atoms with E-state index in [0.29, 0.717) is 33.8 Å². The Labute approximate surface area is 153 Å². The van der Waals surface area contributed by atoms with E-state index in [9.17, 15) is 9.59 Å². The summed E-state index contributed by atoms with van der Waals surface area (Å²) in [4.78, 5) is 23.6. The highest BCUT2D eigenvalue weighted by Crippen LogP contribution is 2.19. The maximum absolute atomic E-state index is 12.1. The summed E-state index contributed by atoms with van der Waals surface area (Å²) in [6, 6.07) is 6.89. The summed E-state index contributed by atoms with van der Waals surface area (Å²) in [5, 5.41) is 14.9. The van der Waals surface area contributed by atoms with Gasteiger partial charge in [-0.2, -0.15) is 0 Å². The predicted molar refractivity (Wildman–Crippen MR) is 98.8 cm³/mol. The number of carbonyl (C=O) groups excluding carboxylic acids is 2. The third-order valence-electron chi connectivity index (χ3n) is 2.77. The first-order chi connectivity index (χ1) is 11.6.